The Kier molecular flexibility index (Phi) is 3.40. The zero-order valence-electron chi connectivity index (χ0n) is 7.28. The molecule has 0 aromatic carbocycles. The Morgan fingerprint density at radius 1 is 1.50 bits per heavy atom. The lowest BCUT2D eigenvalue weighted by molar-refractivity contribution is -0.149. The van der Waals surface area contributed by atoms with Crippen LogP contribution in [0.15, 0.2) is 0 Å². The molecule has 4 heteroatoms. The van der Waals surface area contributed by atoms with Gasteiger partial charge in [-0.05, 0) is 26.3 Å². The summed E-state index contributed by atoms with van der Waals surface area (Å²) in [6, 6.07) is 0. The molecule has 1 fully saturated rings. The van der Waals surface area contributed by atoms with E-state index >= 15 is 0 Å². The molecule has 12 heavy (non-hydrogen) atoms. The number of nitrogens with one attached hydrogen (secondary N) is 1. The Labute approximate surface area is 71.3 Å². The van der Waals surface area contributed by atoms with E-state index in [1.165, 1.54) is 7.05 Å². The molecule has 1 aliphatic heterocycles. The summed E-state index contributed by atoms with van der Waals surface area (Å²) in [6.45, 7) is 0.182. The molecular weight excluding hydrogens is 164 g/mol. The molecule has 1 N–H and O–H groups in total. The molecule has 1 heterocycles. The fourth-order valence-corrected chi connectivity index (χ4v) is 1.42. The minimum absolute atomic E-state index is 0.294. The second kappa shape index (κ2) is 4.14. The second-order valence-electron chi connectivity index (χ2n) is 3.15. The van der Waals surface area contributed by atoms with Gasteiger partial charge in [-0.1, -0.05) is 0 Å². The normalized spacial score (nSPS) is 25.8. The van der Waals surface area contributed by atoms with Gasteiger partial charge in [-0.3, -0.25) is 0 Å². The Morgan fingerprint density at radius 2 is 2.25 bits per heavy atom. The number of hydrogen-bond acceptors (Lipinski definition) is 2. The van der Waals surface area contributed by atoms with Crippen LogP contribution in [0.4, 0.5) is 8.78 Å². The Morgan fingerprint density at radius 3 is 2.75 bits per heavy atom. The van der Waals surface area contributed by atoms with E-state index in [0.717, 1.165) is 12.8 Å². The molecule has 0 spiro atoms. The van der Waals surface area contributed by atoms with Gasteiger partial charge in [0.15, 0.2) is 0 Å². The smallest absolute Gasteiger partial charge is 0.285 e. The average Bonchev–Trinajstić information content (AvgIpc) is 2.06. The van der Waals surface area contributed by atoms with Crippen LogP contribution in [0.5, 0.6) is 0 Å². The van der Waals surface area contributed by atoms with Crippen molar-refractivity contribution in [1.29, 1.82) is 0 Å². The van der Waals surface area contributed by atoms with Crippen molar-refractivity contribution in [2.24, 2.45) is 0 Å². The van der Waals surface area contributed by atoms with Crippen molar-refractivity contribution in [2.45, 2.75) is 31.3 Å². The van der Waals surface area contributed by atoms with Gasteiger partial charge in [-0.2, -0.15) is 0 Å². The van der Waals surface area contributed by atoms with Crippen LogP contribution in [-0.2, 0) is 4.74 Å². The van der Waals surface area contributed by atoms with Gasteiger partial charge in [-0.15, -0.1) is 0 Å². The van der Waals surface area contributed by atoms with Crippen molar-refractivity contribution in [2.75, 3.05) is 20.2 Å². The maximum absolute atomic E-state index is 13.1. The van der Waals surface area contributed by atoms with Crippen LogP contribution < -0.4 is 5.32 Å². The van der Waals surface area contributed by atoms with Crippen molar-refractivity contribution < 1.29 is 13.5 Å². The summed E-state index contributed by atoms with van der Waals surface area (Å²) in [5.74, 6) is -2.71. The van der Waals surface area contributed by atoms with Crippen molar-refractivity contribution in [1.82, 2.24) is 5.32 Å². The maximum Gasteiger partial charge on any atom is 0.285 e. The van der Waals surface area contributed by atoms with Crippen molar-refractivity contribution in [3.8, 4) is 0 Å². The van der Waals surface area contributed by atoms with Crippen molar-refractivity contribution in [3.05, 3.63) is 0 Å². The van der Waals surface area contributed by atoms with Gasteiger partial charge in [0.1, 0.15) is 6.10 Å². The molecule has 1 rings (SSSR count). The summed E-state index contributed by atoms with van der Waals surface area (Å²) >= 11 is 0. The van der Waals surface area contributed by atoms with E-state index < -0.39 is 12.0 Å². The molecule has 2 nitrogen and oxygen atoms in total. The number of alkyl halides is 2. The van der Waals surface area contributed by atoms with E-state index in [2.05, 4.69) is 5.32 Å². The fourth-order valence-electron chi connectivity index (χ4n) is 1.42. The number of rotatable bonds is 3. The summed E-state index contributed by atoms with van der Waals surface area (Å²) in [7, 11) is 1.52. The van der Waals surface area contributed by atoms with E-state index in [-0.39, 0.29) is 6.54 Å². The lowest BCUT2D eigenvalue weighted by atomic mass is 10.0. The van der Waals surface area contributed by atoms with Crippen molar-refractivity contribution in [3.63, 3.8) is 0 Å². The lowest BCUT2D eigenvalue weighted by Gasteiger charge is -2.29. The standard InChI is InChI=1S/C8H15F2NO/c1-11-6-8(9,10)7-4-2-3-5-12-7/h7,11H,2-6H2,1H3. The number of hydrogen-bond donors (Lipinski definition) is 1. The third kappa shape index (κ3) is 2.38. The van der Waals surface area contributed by atoms with Crippen LogP contribution in [0.2, 0.25) is 0 Å². The molecule has 0 amide bonds. The van der Waals surface area contributed by atoms with Gasteiger partial charge < -0.3 is 10.1 Å². The number of ether oxygens (including phenoxy) is 1. The SMILES string of the molecule is CNCC(F)(F)C1CCCCO1. The van der Waals surface area contributed by atoms with Crippen LogP contribution in [0.3, 0.4) is 0 Å². The third-order valence-electron chi connectivity index (χ3n) is 2.06. The molecule has 1 unspecified atom stereocenters. The molecular formula is C8H15F2NO. The predicted octanol–water partition coefficient (Wildman–Crippen LogP) is 1.41. The average molecular weight is 179 g/mol. The molecule has 1 atom stereocenters. The summed E-state index contributed by atoms with van der Waals surface area (Å²) in [5, 5.41) is 2.48. The second-order valence-corrected chi connectivity index (χ2v) is 3.15. The molecule has 0 bridgehead atoms. The largest absolute Gasteiger partial charge is 0.372 e. The van der Waals surface area contributed by atoms with Crippen LogP contribution in [0.25, 0.3) is 0 Å². The Bertz CT molecular complexity index is 135. The van der Waals surface area contributed by atoms with E-state index in [1.807, 2.05) is 0 Å². The van der Waals surface area contributed by atoms with Gasteiger partial charge >= 0.3 is 0 Å². The molecule has 0 aromatic rings. The summed E-state index contributed by atoms with van der Waals surface area (Å²) in [6.07, 6.45) is 1.36. The molecule has 72 valence electrons. The first-order chi connectivity index (χ1) is 5.67. The summed E-state index contributed by atoms with van der Waals surface area (Å²) < 4.78 is 31.2. The molecule has 1 saturated heterocycles. The van der Waals surface area contributed by atoms with Crippen LogP contribution in [0, 0.1) is 0 Å². The van der Waals surface area contributed by atoms with Gasteiger partial charge in [0.2, 0.25) is 0 Å². The maximum atomic E-state index is 13.1. The van der Waals surface area contributed by atoms with Crippen LogP contribution in [-0.4, -0.2) is 32.2 Å². The zero-order valence-corrected chi connectivity index (χ0v) is 7.28. The zero-order chi connectivity index (χ0) is 9.03. The quantitative estimate of drug-likeness (QED) is 0.707. The van der Waals surface area contributed by atoms with Gasteiger partial charge in [0.25, 0.3) is 5.92 Å². The first-order valence-electron chi connectivity index (χ1n) is 4.31. The number of halogens is 2. The predicted molar refractivity (Wildman–Crippen MR) is 42.5 cm³/mol. The molecule has 0 saturated carbocycles. The topological polar surface area (TPSA) is 21.3 Å². The highest BCUT2D eigenvalue weighted by atomic mass is 19.3. The molecule has 0 radical (unpaired) electrons. The highest BCUT2D eigenvalue weighted by Gasteiger charge is 2.40. The van der Waals surface area contributed by atoms with Gasteiger partial charge in [-0.25, -0.2) is 8.78 Å². The molecule has 0 aromatic heterocycles. The van der Waals surface area contributed by atoms with Crippen molar-refractivity contribution >= 4 is 0 Å². The van der Waals surface area contributed by atoms with E-state index in [9.17, 15) is 8.78 Å². The summed E-state index contributed by atoms with van der Waals surface area (Å²) in [4.78, 5) is 0. The Hall–Kier alpha value is -0.220. The molecule has 1 aliphatic rings. The van der Waals surface area contributed by atoms with E-state index in [1.54, 1.807) is 0 Å². The molecule has 0 aliphatic carbocycles. The van der Waals surface area contributed by atoms with E-state index in [0.29, 0.717) is 13.0 Å². The highest BCUT2D eigenvalue weighted by Crippen LogP contribution is 2.27. The van der Waals surface area contributed by atoms with Gasteiger partial charge in [0.05, 0.1) is 6.54 Å². The fraction of sp³-hybridized carbons (Fsp3) is 1.00. The van der Waals surface area contributed by atoms with Gasteiger partial charge in [0, 0.05) is 6.61 Å². The van der Waals surface area contributed by atoms with E-state index in [4.69, 9.17) is 4.74 Å². The first kappa shape index (κ1) is 9.86. The monoisotopic (exact) mass is 179 g/mol. The minimum atomic E-state index is -2.71. The Balaban J connectivity index is 2.41. The van der Waals surface area contributed by atoms with Crippen LogP contribution >= 0.6 is 0 Å². The summed E-state index contributed by atoms with van der Waals surface area (Å²) in [5.41, 5.74) is 0. The third-order valence-corrected chi connectivity index (χ3v) is 2.06. The van der Waals surface area contributed by atoms with Crippen LogP contribution in [0.1, 0.15) is 19.3 Å². The first-order valence-corrected chi connectivity index (χ1v) is 4.31. The highest BCUT2D eigenvalue weighted by molar-refractivity contribution is 4.81. The lowest BCUT2D eigenvalue weighted by Crippen LogP contribution is -2.44. The minimum Gasteiger partial charge on any atom is -0.372 e.